The number of carbonyl (C=O) groups excluding carboxylic acids is 1. The summed E-state index contributed by atoms with van der Waals surface area (Å²) in [5.74, 6) is 2.01. The lowest BCUT2D eigenvalue weighted by Crippen LogP contribution is -2.51. The zero-order valence-corrected chi connectivity index (χ0v) is 18.1. The minimum absolute atomic E-state index is 0. The fraction of sp³-hybridized carbons (Fsp3) is 0.409. The molecule has 5 rings (SSSR count). The van der Waals surface area contributed by atoms with Gasteiger partial charge < -0.3 is 15.5 Å². The number of aromatic nitrogens is 3. The van der Waals surface area contributed by atoms with Crippen LogP contribution in [0.5, 0.6) is 0 Å². The van der Waals surface area contributed by atoms with E-state index < -0.39 is 0 Å². The molecular formula is C22H27ClN6O. The summed E-state index contributed by atoms with van der Waals surface area (Å²) in [5, 5.41) is 16.3. The van der Waals surface area contributed by atoms with Crippen molar-refractivity contribution in [2.24, 2.45) is 0 Å². The Hall–Kier alpha value is -2.64. The van der Waals surface area contributed by atoms with Crippen LogP contribution in [-0.2, 0) is 0 Å². The SMILES string of the molecule is Cc1c(C(=O)N2CCN[C@H](C)C2)nc(Nc2cc(C3CC3)[nH]n2)c2ccccc12.Cl. The minimum Gasteiger partial charge on any atom is -0.334 e. The van der Waals surface area contributed by atoms with E-state index in [1.165, 1.54) is 12.8 Å². The maximum atomic E-state index is 13.3. The first-order valence-electron chi connectivity index (χ1n) is 10.3. The molecule has 30 heavy (non-hydrogen) atoms. The van der Waals surface area contributed by atoms with Gasteiger partial charge in [0.15, 0.2) is 5.82 Å². The molecule has 0 bridgehead atoms. The fourth-order valence-electron chi connectivity index (χ4n) is 4.10. The van der Waals surface area contributed by atoms with E-state index in [2.05, 4.69) is 33.8 Å². The molecule has 1 saturated heterocycles. The molecule has 7 nitrogen and oxygen atoms in total. The van der Waals surface area contributed by atoms with E-state index >= 15 is 0 Å². The zero-order valence-electron chi connectivity index (χ0n) is 17.2. The molecule has 158 valence electrons. The van der Waals surface area contributed by atoms with Crippen molar-refractivity contribution in [2.45, 2.75) is 38.6 Å². The number of nitrogens with one attached hydrogen (secondary N) is 3. The third-order valence-electron chi connectivity index (χ3n) is 5.88. The number of rotatable bonds is 4. The van der Waals surface area contributed by atoms with Crippen LogP contribution in [0.15, 0.2) is 30.3 Å². The predicted octanol–water partition coefficient (Wildman–Crippen LogP) is 3.74. The first-order chi connectivity index (χ1) is 14.1. The molecule has 1 atom stereocenters. The quantitative estimate of drug-likeness (QED) is 0.591. The molecule has 0 spiro atoms. The summed E-state index contributed by atoms with van der Waals surface area (Å²) < 4.78 is 0. The fourth-order valence-corrected chi connectivity index (χ4v) is 4.10. The molecule has 0 radical (unpaired) electrons. The Kier molecular flexibility index (Phi) is 5.66. The van der Waals surface area contributed by atoms with E-state index in [-0.39, 0.29) is 24.4 Å². The first kappa shape index (κ1) is 20.6. The Bertz CT molecular complexity index is 1080. The zero-order chi connectivity index (χ0) is 20.0. The predicted molar refractivity (Wildman–Crippen MR) is 121 cm³/mol. The third kappa shape index (κ3) is 3.87. The van der Waals surface area contributed by atoms with Crippen LogP contribution in [-0.4, -0.2) is 51.7 Å². The van der Waals surface area contributed by atoms with Crippen LogP contribution in [0, 0.1) is 6.92 Å². The van der Waals surface area contributed by atoms with Gasteiger partial charge in [0.25, 0.3) is 5.91 Å². The van der Waals surface area contributed by atoms with Gasteiger partial charge in [0.1, 0.15) is 11.5 Å². The lowest BCUT2D eigenvalue weighted by molar-refractivity contribution is 0.0702. The number of pyridine rings is 1. The van der Waals surface area contributed by atoms with Gasteiger partial charge in [-0.1, -0.05) is 24.3 Å². The molecule has 1 saturated carbocycles. The normalized spacial score (nSPS) is 18.9. The van der Waals surface area contributed by atoms with Crippen LogP contribution in [0.1, 0.15) is 47.4 Å². The number of hydrogen-bond acceptors (Lipinski definition) is 5. The highest BCUT2D eigenvalue weighted by molar-refractivity contribution is 6.03. The smallest absolute Gasteiger partial charge is 0.272 e. The van der Waals surface area contributed by atoms with E-state index in [4.69, 9.17) is 4.98 Å². The molecule has 2 fully saturated rings. The molecular weight excluding hydrogens is 400 g/mol. The Morgan fingerprint density at radius 1 is 1.23 bits per heavy atom. The molecule has 2 aliphatic rings. The maximum absolute atomic E-state index is 13.3. The van der Waals surface area contributed by atoms with Crippen LogP contribution in [0.4, 0.5) is 11.6 Å². The van der Waals surface area contributed by atoms with E-state index in [0.717, 1.165) is 34.4 Å². The van der Waals surface area contributed by atoms with Crippen molar-refractivity contribution < 1.29 is 4.79 Å². The molecule has 3 N–H and O–H groups in total. The molecule has 1 aliphatic carbocycles. The number of hydrogen-bond donors (Lipinski definition) is 3. The highest BCUT2D eigenvalue weighted by atomic mass is 35.5. The maximum Gasteiger partial charge on any atom is 0.272 e. The van der Waals surface area contributed by atoms with Crippen molar-refractivity contribution in [1.82, 2.24) is 25.4 Å². The molecule has 0 unspecified atom stereocenters. The van der Waals surface area contributed by atoms with Crippen molar-refractivity contribution in [3.05, 3.63) is 47.3 Å². The van der Waals surface area contributed by atoms with Crippen LogP contribution >= 0.6 is 12.4 Å². The van der Waals surface area contributed by atoms with Gasteiger partial charge >= 0.3 is 0 Å². The second-order valence-corrected chi connectivity index (χ2v) is 8.19. The molecule has 3 aromatic rings. The van der Waals surface area contributed by atoms with Gasteiger partial charge in [-0.2, -0.15) is 5.10 Å². The number of carbonyl (C=O) groups is 1. The van der Waals surface area contributed by atoms with Gasteiger partial charge in [0, 0.05) is 48.7 Å². The van der Waals surface area contributed by atoms with Crippen molar-refractivity contribution in [3.63, 3.8) is 0 Å². The monoisotopic (exact) mass is 426 g/mol. The van der Waals surface area contributed by atoms with E-state index in [1.807, 2.05) is 36.1 Å². The van der Waals surface area contributed by atoms with Crippen LogP contribution in [0.3, 0.4) is 0 Å². The van der Waals surface area contributed by atoms with Gasteiger partial charge in [-0.3, -0.25) is 9.89 Å². The number of anilines is 2. The van der Waals surface area contributed by atoms with Gasteiger partial charge in [-0.05, 0) is 37.6 Å². The molecule has 8 heteroatoms. The molecule has 2 aromatic heterocycles. The lowest BCUT2D eigenvalue weighted by atomic mass is 10.0. The number of aryl methyl sites for hydroxylation is 1. The number of benzene rings is 1. The number of aromatic amines is 1. The largest absolute Gasteiger partial charge is 0.334 e. The summed E-state index contributed by atoms with van der Waals surface area (Å²) in [5.41, 5.74) is 2.59. The minimum atomic E-state index is -0.00893. The molecule has 3 heterocycles. The summed E-state index contributed by atoms with van der Waals surface area (Å²) in [7, 11) is 0. The van der Waals surface area contributed by atoms with Crippen LogP contribution < -0.4 is 10.6 Å². The Labute approximate surface area is 182 Å². The Morgan fingerprint density at radius 2 is 2.00 bits per heavy atom. The average molecular weight is 427 g/mol. The van der Waals surface area contributed by atoms with Crippen molar-refractivity contribution >= 4 is 40.7 Å². The van der Waals surface area contributed by atoms with Gasteiger partial charge in [-0.25, -0.2) is 4.98 Å². The van der Waals surface area contributed by atoms with Crippen molar-refractivity contribution in [1.29, 1.82) is 0 Å². The number of fused-ring (bicyclic) bond motifs is 1. The van der Waals surface area contributed by atoms with E-state index in [9.17, 15) is 4.79 Å². The van der Waals surface area contributed by atoms with E-state index in [1.54, 1.807) is 0 Å². The van der Waals surface area contributed by atoms with Gasteiger partial charge in [0.2, 0.25) is 0 Å². The number of nitrogens with zero attached hydrogens (tertiary/aromatic N) is 3. The topological polar surface area (TPSA) is 85.9 Å². The summed E-state index contributed by atoms with van der Waals surface area (Å²) in [4.78, 5) is 20.0. The molecule has 1 amide bonds. The van der Waals surface area contributed by atoms with Crippen molar-refractivity contribution in [2.75, 3.05) is 25.0 Å². The summed E-state index contributed by atoms with van der Waals surface area (Å²) in [6.45, 7) is 6.28. The second-order valence-electron chi connectivity index (χ2n) is 8.19. The van der Waals surface area contributed by atoms with Crippen LogP contribution in [0.2, 0.25) is 0 Å². The number of amides is 1. The average Bonchev–Trinajstić information content (AvgIpc) is 3.48. The van der Waals surface area contributed by atoms with Crippen LogP contribution in [0.25, 0.3) is 10.8 Å². The first-order valence-corrected chi connectivity index (χ1v) is 10.3. The summed E-state index contributed by atoms with van der Waals surface area (Å²) in [6.07, 6.45) is 2.43. The summed E-state index contributed by atoms with van der Waals surface area (Å²) in [6, 6.07) is 10.4. The van der Waals surface area contributed by atoms with E-state index in [0.29, 0.717) is 30.5 Å². The number of halogens is 1. The highest BCUT2D eigenvalue weighted by Crippen LogP contribution is 2.40. The Balaban J connectivity index is 0.00000218. The summed E-state index contributed by atoms with van der Waals surface area (Å²) >= 11 is 0. The Morgan fingerprint density at radius 3 is 2.73 bits per heavy atom. The highest BCUT2D eigenvalue weighted by Gasteiger charge is 2.27. The molecule has 1 aromatic carbocycles. The second kappa shape index (κ2) is 8.24. The van der Waals surface area contributed by atoms with Gasteiger partial charge in [0.05, 0.1) is 0 Å². The van der Waals surface area contributed by atoms with Gasteiger partial charge in [-0.15, -0.1) is 12.4 Å². The number of H-pyrrole nitrogens is 1. The third-order valence-corrected chi connectivity index (χ3v) is 5.88. The molecule has 1 aliphatic heterocycles. The number of piperazine rings is 1. The van der Waals surface area contributed by atoms with Crippen molar-refractivity contribution in [3.8, 4) is 0 Å². The standard InChI is InChI=1S/C22H26N6O.ClH/c1-13-12-28(10-9-23-13)22(29)20-14(2)16-5-3-4-6-17(16)21(25-20)24-19-11-18(26-27-19)15-7-8-15;/h3-6,11,13,15,23H,7-10,12H2,1-2H3,(H2,24,25,26,27);1H/t13-;/m1./s1. The lowest BCUT2D eigenvalue weighted by Gasteiger charge is -2.32.